The molecule has 0 N–H and O–H groups in total. The first-order valence-electron chi connectivity index (χ1n) is 5.35. The van der Waals surface area contributed by atoms with E-state index in [-0.39, 0.29) is 16.9 Å². The Labute approximate surface area is 119 Å². The van der Waals surface area contributed by atoms with Gasteiger partial charge in [-0.2, -0.15) is 26.3 Å². The Morgan fingerprint density at radius 2 is 1.24 bits per heavy atom. The number of hydrogen-bond acceptors (Lipinski definition) is 2. The van der Waals surface area contributed by atoms with E-state index < -0.39 is 29.0 Å². The van der Waals surface area contributed by atoms with Crippen LogP contribution in [-0.2, 0) is 12.4 Å². The molecule has 1 aromatic carbocycles. The van der Waals surface area contributed by atoms with Crippen LogP contribution in [0, 0.1) is 0 Å². The maximum Gasteiger partial charge on any atom is 0.416 e. The molecule has 0 saturated heterocycles. The van der Waals surface area contributed by atoms with E-state index in [1.54, 1.807) is 0 Å². The summed E-state index contributed by atoms with van der Waals surface area (Å²) in [5.41, 5.74) is -3.53. The Bertz CT molecular complexity index is 633. The second-order valence-electron chi connectivity index (χ2n) is 3.99. The van der Waals surface area contributed by atoms with Crippen LogP contribution in [0.15, 0.2) is 30.6 Å². The van der Waals surface area contributed by atoms with Gasteiger partial charge >= 0.3 is 12.4 Å². The zero-order chi connectivity index (χ0) is 15.8. The van der Waals surface area contributed by atoms with Gasteiger partial charge in [-0.1, -0.05) is 11.6 Å². The van der Waals surface area contributed by atoms with Gasteiger partial charge < -0.3 is 0 Å². The largest absolute Gasteiger partial charge is 0.416 e. The first-order chi connectivity index (χ1) is 9.59. The van der Waals surface area contributed by atoms with Crippen LogP contribution >= 0.6 is 11.6 Å². The van der Waals surface area contributed by atoms with Crippen LogP contribution in [0.1, 0.15) is 11.1 Å². The average Bonchev–Trinajstić information content (AvgIpc) is 2.36. The Morgan fingerprint density at radius 3 is 1.67 bits per heavy atom. The van der Waals surface area contributed by atoms with Crippen molar-refractivity contribution in [3.63, 3.8) is 0 Å². The maximum atomic E-state index is 12.7. The molecule has 2 aromatic rings. The third-order valence-corrected chi connectivity index (χ3v) is 2.79. The molecular formula is C12H5ClF6N2. The lowest BCUT2D eigenvalue weighted by Gasteiger charge is -2.14. The normalized spacial score (nSPS) is 12.5. The summed E-state index contributed by atoms with van der Waals surface area (Å²) in [6.07, 6.45) is -7.56. The first-order valence-corrected chi connectivity index (χ1v) is 5.73. The molecule has 0 atom stereocenters. The molecule has 112 valence electrons. The van der Waals surface area contributed by atoms with Crippen LogP contribution in [0.4, 0.5) is 26.3 Å². The highest BCUT2D eigenvalue weighted by atomic mass is 35.5. The molecule has 0 radical (unpaired) electrons. The van der Waals surface area contributed by atoms with Crippen molar-refractivity contribution in [1.29, 1.82) is 0 Å². The fraction of sp³-hybridized carbons (Fsp3) is 0.167. The van der Waals surface area contributed by atoms with Crippen molar-refractivity contribution in [2.75, 3.05) is 0 Å². The minimum Gasteiger partial charge on any atom is -0.251 e. The third-order valence-electron chi connectivity index (χ3n) is 2.51. The summed E-state index contributed by atoms with van der Waals surface area (Å²) < 4.78 is 76.3. The van der Waals surface area contributed by atoms with Gasteiger partial charge in [0.05, 0.1) is 11.1 Å². The van der Waals surface area contributed by atoms with Crippen LogP contribution in [0.25, 0.3) is 11.3 Å². The van der Waals surface area contributed by atoms with Gasteiger partial charge in [0.1, 0.15) is 5.69 Å². The van der Waals surface area contributed by atoms with Crippen LogP contribution < -0.4 is 0 Å². The fourth-order valence-corrected chi connectivity index (χ4v) is 1.82. The number of nitrogens with zero attached hydrogens (tertiary/aromatic N) is 2. The average molecular weight is 327 g/mol. The monoisotopic (exact) mass is 326 g/mol. The Hall–Kier alpha value is -1.83. The highest BCUT2D eigenvalue weighted by Crippen LogP contribution is 2.39. The quantitative estimate of drug-likeness (QED) is 0.701. The van der Waals surface area contributed by atoms with Gasteiger partial charge in [0, 0.05) is 18.0 Å². The zero-order valence-corrected chi connectivity index (χ0v) is 10.7. The number of hydrogen-bond donors (Lipinski definition) is 0. The van der Waals surface area contributed by atoms with E-state index in [0.29, 0.717) is 12.1 Å². The van der Waals surface area contributed by atoms with Crippen molar-refractivity contribution in [3.8, 4) is 11.3 Å². The summed E-state index contributed by atoms with van der Waals surface area (Å²) in [6, 6.07) is 1.13. The van der Waals surface area contributed by atoms with Crippen molar-refractivity contribution in [3.05, 3.63) is 46.9 Å². The topological polar surface area (TPSA) is 25.8 Å². The molecule has 1 aromatic heterocycles. The lowest BCUT2D eigenvalue weighted by atomic mass is 10.0. The number of rotatable bonds is 1. The molecule has 0 aliphatic carbocycles. The molecule has 0 spiro atoms. The van der Waals surface area contributed by atoms with Gasteiger partial charge in [-0.3, -0.25) is 4.98 Å². The lowest BCUT2D eigenvalue weighted by Crippen LogP contribution is -2.11. The van der Waals surface area contributed by atoms with Crippen molar-refractivity contribution < 1.29 is 26.3 Å². The summed E-state index contributed by atoms with van der Waals surface area (Å²) in [4.78, 5) is 7.25. The molecule has 9 heteroatoms. The summed E-state index contributed by atoms with van der Waals surface area (Å²) in [5.74, 6) is 0. The summed E-state index contributed by atoms with van der Waals surface area (Å²) in [5, 5.41) is -0.287. The molecule has 2 rings (SSSR count). The first kappa shape index (κ1) is 15.6. The third kappa shape index (κ3) is 3.44. The SMILES string of the molecule is FC(F)(F)c1cc(-c2nccnc2Cl)cc(C(F)(F)F)c1. The molecule has 0 amide bonds. The Morgan fingerprint density at radius 1 is 0.762 bits per heavy atom. The van der Waals surface area contributed by atoms with Gasteiger partial charge in [0.2, 0.25) is 0 Å². The predicted molar refractivity (Wildman–Crippen MR) is 62.5 cm³/mol. The molecule has 2 nitrogen and oxygen atoms in total. The van der Waals surface area contributed by atoms with E-state index in [4.69, 9.17) is 11.6 Å². The summed E-state index contributed by atoms with van der Waals surface area (Å²) >= 11 is 5.66. The van der Waals surface area contributed by atoms with Crippen LogP contribution in [0.2, 0.25) is 5.15 Å². The summed E-state index contributed by atoms with van der Waals surface area (Å²) in [7, 11) is 0. The maximum absolute atomic E-state index is 12.7. The molecule has 0 unspecified atom stereocenters. The molecule has 21 heavy (non-hydrogen) atoms. The summed E-state index contributed by atoms with van der Waals surface area (Å²) in [6.45, 7) is 0. The highest BCUT2D eigenvalue weighted by molar-refractivity contribution is 6.31. The second kappa shape index (κ2) is 5.18. The lowest BCUT2D eigenvalue weighted by molar-refractivity contribution is -0.143. The standard InChI is InChI=1S/C12H5ClF6N2/c13-10-9(20-1-2-21-10)6-3-7(11(14,15)16)5-8(4-6)12(17,18)19/h1-5H. The van der Waals surface area contributed by atoms with Crippen molar-refractivity contribution in [1.82, 2.24) is 9.97 Å². The molecule has 0 saturated carbocycles. The molecule has 0 bridgehead atoms. The van der Waals surface area contributed by atoms with Crippen molar-refractivity contribution in [2.45, 2.75) is 12.4 Å². The fourth-order valence-electron chi connectivity index (χ4n) is 1.61. The number of alkyl halides is 6. The van der Waals surface area contributed by atoms with Gasteiger partial charge in [0.25, 0.3) is 0 Å². The number of halogens is 7. The molecule has 0 aliphatic heterocycles. The van der Waals surface area contributed by atoms with E-state index in [0.717, 1.165) is 6.20 Å². The Kier molecular flexibility index (Phi) is 3.83. The Balaban J connectivity index is 2.70. The van der Waals surface area contributed by atoms with Gasteiger partial charge in [-0.25, -0.2) is 4.98 Å². The van der Waals surface area contributed by atoms with Crippen LogP contribution in [-0.4, -0.2) is 9.97 Å². The molecule has 0 aliphatic rings. The van der Waals surface area contributed by atoms with Crippen LogP contribution in [0.5, 0.6) is 0 Å². The van der Waals surface area contributed by atoms with E-state index in [1.165, 1.54) is 6.20 Å². The molecule has 0 fully saturated rings. The zero-order valence-electron chi connectivity index (χ0n) is 9.93. The minimum absolute atomic E-state index is 0.0355. The molecular weight excluding hydrogens is 322 g/mol. The highest BCUT2D eigenvalue weighted by Gasteiger charge is 2.37. The van der Waals surface area contributed by atoms with E-state index in [9.17, 15) is 26.3 Å². The van der Waals surface area contributed by atoms with E-state index >= 15 is 0 Å². The van der Waals surface area contributed by atoms with E-state index in [2.05, 4.69) is 9.97 Å². The number of benzene rings is 1. The minimum atomic E-state index is -4.93. The van der Waals surface area contributed by atoms with Crippen LogP contribution in [0.3, 0.4) is 0 Å². The van der Waals surface area contributed by atoms with Gasteiger partial charge in [-0.05, 0) is 18.2 Å². The van der Waals surface area contributed by atoms with Crippen molar-refractivity contribution in [2.24, 2.45) is 0 Å². The second-order valence-corrected chi connectivity index (χ2v) is 4.35. The smallest absolute Gasteiger partial charge is 0.251 e. The van der Waals surface area contributed by atoms with E-state index in [1.807, 2.05) is 0 Å². The van der Waals surface area contributed by atoms with Gasteiger partial charge in [-0.15, -0.1) is 0 Å². The predicted octanol–water partition coefficient (Wildman–Crippen LogP) is 4.83. The molecule has 1 heterocycles. The number of aromatic nitrogens is 2. The van der Waals surface area contributed by atoms with Gasteiger partial charge in [0.15, 0.2) is 5.15 Å². The van der Waals surface area contributed by atoms with Crippen molar-refractivity contribution >= 4 is 11.6 Å².